The van der Waals surface area contributed by atoms with Crippen molar-refractivity contribution in [2.45, 2.75) is 12.8 Å². The van der Waals surface area contributed by atoms with Crippen LogP contribution in [0.2, 0.25) is 0 Å². The highest BCUT2D eigenvalue weighted by atomic mass is 16.5. The van der Waals surface area contributed by atoms with E-state index in [2.05, 4.69) is 9.47 Å². The van der Waals surface area contributed by atoms with Crippen molar-refractivity contribution in [3.8, 4) is 0 Å². The number of hydrogen-bond donors (Lipinski definition) is 2. The second-order valence-electron chi connectivity index (χ2n) is 2.27. The molecule has 0 aromatic carbocycles. The van der Waals surface area contributed by atoms with E-state index in [0.717, 1.165) is 0 Å². The zero-order valence-corrected chi connectivity index (χ0v) is 8.36. The molecule has 6 heteroatoms. The molecular weight excluding hydrogens is 192 g/mol. The van der Waals surface area contributed by atoms with E-state index in [4.69, 9.17) is 10.2 Å². The molecule has 0 radical (unpaired) electrons. The standard InChI is InChI=1S/2C4H8O3/c2*1-7-3-2-4(5)6/h2*2-3H2,1H3,(H,5,6). The van der Waals surface area contributed by atoms with Crippen LogP contribution in [-0.4, -0.2) is 49.6 Å². The predicted octanol–water partition coefficient (Wildman–Crippen LogP) is 0.215. The Hall–Kier alpha value is -1.14. The highest BCUT2D eigenvalue weighted by Gasteiger charge is 1.91. The van der Waals surface area contributed by atoms with Crippen molar-refractivity contribution in [2.75, 3.05) is 27.4 Å². The number of aliphatic carboxylic acids is 2. The Balaban J connectivity index is 0. The largest absolute Gasteiger partial charge is 0.481 e. The van der Waals surface area contributed by atoms with E-state index >= 15 is 0 Å². The number of carboxylic acids is 2. The highest BCUT2D eigenvalue weighted by molar-refractivity contribution is 5.66. The van der Waals surface area contributed by atoms with Crippen LogP contribution < -0.4 is 0 Å². The third-order valence-corrected chi connectivity index (χ3v) is 1.04. The maximum Gasteiger partial charge on any atom is 0.305 e. The molecule has 0 aromatic heterocycles. The van der Waals surface area contributed by atoms with Gasteiger partial charge in [0, 0.05) is 14.2 Å². The second kappa shape index (κ2) is 11.9. The maximum absolute atomic E-state index is 9.68. The van der Waals surface area contributed by atoms with Gasteiger partial charge < -0.3 is 19.7 Å². The summed E-state index contributed by atoms with van der Waals surface area (Å²) in [5.41, 5.74) is 0. The molecule has 0 saturated carbocycles. The Morgan fingerprint density at radius 3 is 1.29 bits per heavy atom. The van der Waals surface area contributed by atoms with Crippen molar-refractivity contribution < 1.29 is 29.3 Å². The number of rotatable bonds is 6. The van der Waals surface area contributed by atoms with Gasteiger partial charge in [0.1, 0.15) is 0 Å². The van der Waals surface area contributed by atoms with Gasteiger partial charge in [0.05, 0.1) is 26.1 Å². The average Bonchev–Trinajstić information content (AvgIpc) is 2.12. The van der Waals surface area contributed by atoms with E-state index in [1.807, 2.05) is 0 Å². The maximum atomic E-state index is 9.68. The third kappa shape index (κ3) is 22.4. The van der Waals surface area contributed by atoms with Crippen LogP contribution in [0.4, 0.5) is 0 Å². The molecule has 0 aliphatic rings. The monoisotopic (exact) mass is 208 g/mol. The van der Waals surface area contributed by atoms with E-state index in [-0.39, 0.29) is 12.8 Å². The van der Waals surface area contributed by atoms with Crippen molar-refractivity contribution in [1.82, 2.24) is 0 Å². The van der Waals surface area contributed by atoms with Crippen LogP contribution in [0.3, 0.4) is 0 Å². The van der Waals surface area contributed by atoms with Gasteiger partial charge in [0.15, 0.2) is 0 Å². The van der Waals surface area contributed by atoms with E-state index in [0.29, 0.717) is 13.2 Å². The Morgan fingerprint density at radius 1 is 0.929 bits per heavy atom. The fraction of sp³-hybridized carbons (Fsp3) is 0.750. The molecule has 0 heterocycles. The number of carboxylic acid groups (broad SMARTS) is 2. The lowest BCUT2D eigenvalue weighted by atomic mass is 10.5. The van der Waals surface area contributed by atoms with Crippen LogP contribution in [0.25, 0.3) is 0 Å². The summed E-state index contributed by atoms with van der Waals surface area (Å²) in [7, 11) is 2.95. The van der Waals surface area contributed by atoms with Crippen LogP contribution >= 0.6 is 0 Å². The normalized spacial score (nSPS) is 8.71. The Kier molecular flexibility index (Phi) is 13.0. The Labute approximate surface area is 82.4 Å². The molecule has 0 bridgehead atoms. The first-order valence-corrected chi connectivity index (χ1v) is 3.96. The van der Waals surface area contributed by atoms with Gasteiger partial charge in [-0.2, -0.15) is 0 Å². The highest BCUT2D eigenvalue weighted by Crippen LogP contribution is 1.77. The van der Waals surface area contributed by atoms with Gasteiger partial charge in [-0.25, -0.2) is 0 Å². The van der Waals surface area contributed by atoms with Crippen molar-refractivity contribution >= 4 is 11.9 Å². The van der Waals surface area contributed by atoms with Crippen LogP contribution in [0.15, 0.2) is 0 Å². The van der Waals surface area contributed by atoms with Gasteiger partial charge in [0.2, 0.25) is 0 Å². The van der Waals surface area contributed by atoms with E-state index < -0.39 is 11.9 Å². The fourth-order valence-corrected chi connectivity index (χ4v) is 0.379. The minimum Gasteiger partial charge on any atom is -0.481 e. The molecule has 0 aliphatic carbocycles. The molecule has 14 heavy (non-hydrogen) atoms. The smallest absolute Gasteiger partial charge is 0.305 e. The molecule has 84 valence electrons. The number of methoxy groups -OCH3 is 2. The molecule has 6 nitrogen and oxygen atoms in total. The van der Waals surface area contributed by atoms with Crippen molar-refractivity contribution in [1.29, 1.82) is 0 Å². The summed E-state index contributed by atoms with van der Waals surface area (Å²) in [5, 5.41) is 15.9. The first kappa shape index (κ1) is 15.3. The molecule has 0 rings (SSSR count). The van der Waals surface area contributed by atoms with Crippen molar-refractivity contribution in [2.24, 2.45) is 0 Å². The lowest BCUT2D eigenvalue weighted by molar-refractivity contribution is -0.139. The number of ether oxygens (including phenoxy) is 2. The first-order chi connectivity index (χ1) is 6.54. The van der Waals surface area contributed by atoms with E-state index in [1.165, 1.54) is 14.2 Å². The summed E-state index contributed by atoms with van der Waals surface area (Å²) in [6, 6.07) is 0. The Morgan fingerprint density at radius 2 is 1.21 bits per heavy atom. The zero-order chi connectivity index (χ0) is 11.4. The van der Waals surface area contributed by atoms with Crippen LogP contribution in [0.5, 0.6) is 0 Å². The topological polar surface area (TPSA) is 93.1 Å². The number of hydrogen-bond acceptors (Lipinski definition) is 4. The van der Waals surface area contributed by atoms with E-state index in [1.54, 1.807) is 0 Å². The molecule has 0 fully saturated rings. The van der Waals surface area contributed by atoms with Crippen LogP contribution in [0, 0.1) is 0 Å². The molecule has 0 amide bonds. The molecule has 0 aromatic rings. The van der Waals surface area contributed by atoms with Gasteiger partial charge in [0.25, 0.3) is 0 Å². The molecule has 0 spiro atoms. The van der Waals surface area contributed by atoms with Crippen molar-refractivity contribution in [3.63, 3.8) is 0 Å². The summed E-state index contributed by atoms with van der Waals surface area (Å²) < 4.78 is 8.94. The second-order valence-corrected chi connectivity index (χ2v) is 2.27. The van der Waals surface area contributed by atoms with Gasteiger partial charge in [-0.15, -0.1) is 0 Å². The van der Waals surface area contributed by atoms with Crippen LogP contribution in [0.1, 0.15) is 12.8 Å². The summed E-state index contributed by atoms with van der Waals surface area (Å²) in [4.78, 5) is 19.4. The molecule has 0 aliphatic heterocycles. The minimum absolute atomic E-state index is 0.0938. The quantitative estimate of drug-likeness (QED) is 0.648. The fourth-order valence-electron chi connectivity index (χ4n) is 0.379. The lowest BCUT2D eigenvalue weighted by Crippen LogP contribution is -1.99. The zero-order valence-electron chi connectivity index (χ0n) is 8.36. The van der Waals surface area contributed by atoms with Crippen molar-refractivity contribution in [3.05, 3.63) is 0 Å². The third-order valence-electron chi connectivity index (χ3n) is 1.04. The lowest BCUT2D eigenvalue weighted by Gasteiger charge is -1.88. The average molecular weight is 208 g/mol. The Bertz CT molecular complexity index is 138. The number of carbonyl (C=O) groups is 2. The summed E-state index contributed by atoms with van der Waals surface area (Å²) in [6.07, 6.45) is 0.188. The minimum atomic E-state index is -0.818. The molecule has 0 atom stereocenters. The SMILES string of the molecule is COCCC(=O)O.COCCC(=O)O. The first-order valence-electron chi connectivity index (χ1n) is 3.96. The molecular formula is C8H16O6. The summed E-state index contributed by atoms with van der Waals surface area (Å²) in [6.45, 7) is 0.602. The van der Waals surface area contributed by atoms with Gasteiger partial charge in [-0.1, -0.05) is 0 Å². The van der Waals surface area contributed by atoms with Gasteiger partial charge in [-0.05, 0) is 0 Å². The molecule has 2 N–H and O–H groups in total. The predicted molar refractivity (Wildman–Crippen MR) is 48.3 cm³/mol. The summed E-state index contributed by atoms with van der Waals surface area (Å²) >= 11 is 0. The molecule has 0 unspecified atom stereocenters. The van der Waals surface area contributed by atoms with Crippen LogP contribution in [-0.2, 0) is 19.1 Å². The van der Waals surface area contributed by atoms with Gasteiger partial charge >= 0.3 is 11.9 Å². The summed E-state index contributed by atoms with van der Waals surface area (Å²) in [5.74, 6) is -1.64. The molecule has 0 saturated heterocycles. The van der Waals surface area contributed by atoms with E-state index in [9.17, 15) is 9.59 Å². The van der Waals surface area contributed by atoms with Gasteiger partial charge in [-0.3, -0.25) is 9.59 Å².